The van der Waals surface area contributed by atoms with Crippen LogP contribution in [0.5, 0.6) is 5.75 Å². The first-order valence-electron chi connectivity index (χ1n) is 10.1. The van der Waals surface area contributed by atoms with E-state index in [2.05, 4.69) is 4.99 Å². The number of fused-ring (bicyclic) bond motifs is 1. The minimum absolute atomic E-state index is 0.314. The lowest BCUT2D eigenvalue weighted by atomic mass is 9.88. The standard InChI is InChI=1S/C26H24N2O3/c1-16-5-8-19(9-6-16)27-15-23-21-11-10-20(31-4)14-22(21)25(29)28(26(23)30)24-12-7-17(2)13-18(24)3/h5-15,23H,1-4H3. The Balaban J connectivity index is 1.83. The van der Waals surface area contributed by atoms with E-state index in [4.69, 9.17) is 4.74 Å². The number of anilines is 1. The van der Waals surface area contributed by atoms with E-state index in [9.17, 15) is 9.59 Å². The summed E-state index contributed by atoms with van der Waals surface area (Å²) in [6.45, 7) is 5.89. The highest BCUT2D eigenvalue weighted by atomic mass is 16.5. The molecule has 4 rings (SSSR count). The third-order valence-corrected chi connectivity index (χ3v) is 5.52. The van der Waals surface area contributed by atoms with Gasteiger partial charge in [0, 0.05) is 11.8 Å². The molecule has 0 spiro atoms. The predicted octanol–water partition coefficient (Wildman–Crippen LogP) is 5.29. The van der Waals surface area contributed by atoms with Crippen LogP contribution in [0, 0.1) is 20.8 Å². The molecule has 0 aliphatic carbocycles. The molecule has 0 radical (unpaired) electrons. The smallest absolute Gasteiger partial charge is 0.265 e. The Morgan fingerprint density at radius 1 is 0.903 bits per heavy atom. The monoisotopic (exact) mass is 412 g/mol. The molecule has 0 saturated carbocycles. The Kier molecular flexibility index (Phi) is 5.42. The Morgan fingerprint density at radius 2 is 1.61 bits per heavy atom. The number of imide groups is 1. The van der Waals surface area contributed by atoms with Gasteiger partial charge in [0.25, 0.3) is 5.91 Å². The van der Waals surface area contributed by atoms with Gasteiger partial charge in [-0.15, -0.1) is 0 Å². The molecule has 1 aliphatic rings. The molecule has 156 valence electrons. The minimum atomic E-state index is -0.680. The third kappa shape index (κ3) is 3.87. The molecule has 1 unspecified atom stereocenters. The van der Waals surface area contributed by atoms with Crippen molar-refractivity contribution in [1.82, 2.24) is 0 Å². The first kappa shape index (κ1) is 20.5. The van der Waals surface area contributed by atoms with Crippen LogP contribution in [0.4, 0.5) is 11.4 Å². The summed E-state index contributed by atoms with van der Waals surface area (Å²) in [5, 5.41) is 0. The number of carbonyl (C=O) groups excluding carboxylic acids is 2. The SMILES string of the molecule is COc1ccc2c(c1)C(=O)N(c1ccc(C)cc1C)C(=O)C2C=Nc1ccc(C)cc1. The van der Waals surface area contributed by atoms with Crippen molar-refractivity contribution in [1.29, 1.82) is 0 Å². The average molecular weight is 412 g/mol. The summed E-state index contributed by atoms with van der Waals surface area (Å²) < 4.78 is 5.32. The van der Waals surface area contributed by atoms with Crippen LogP contribution in [0.1, 0.15) is 38.5 Å². The van der Waals surface area contributed by atoms with Gasteiger partial charge in [0.15, 0.2) is 0 Å². The average Bonchev–Trinajstić information content (AvgIpc) is 2.76. The number of hydrogen-bond donors (Lipinski definition) is 0. The molecule has 1 atom stereocenters. The van der Waals surface area contributed by atoms with E-state index in [-0.39, 0.29) is 11.8 Å². The Labute approximate surface area is 182 Å². The van der Waals surface area contributed by atoms with Gasteiger partial charge in [-0.3, -0.25) is 14.6 Å². The largest absolute Gasteiger partial charge is 0.497 e. The van der Waals surface area contributed by atoms with Gasteiger partial charge in [-0.05, 0) is 62.2 Å². The summed E-state index contributed by atoms with van der Waals surface area (Å²) in [5.41, 5.74) is 5.48. The van der Waals surface area contributed by atoms with Crippen LogP contribution in [-0.2, 0) is 4.79 Å². The van der Waals surface area contributed by atoms with Crippen LogP contribution in [0.15, 0.2) is 65.7 Å². The fourth-order valence-corrected chi connectivity index (χ4v) is 3.83. The molecule has 31 heavy (non-hydrogen) atoms. The zero-order valence-corrected chi connectivity index (χ0v) is 18.0. The highest BCUT2D eigenvalue weighted by molar-refractivity contribution is 6.29. The molecule has 0 N–H and O–H groups in total. The van der Waals surface area contributed by atoms with Crippen molar-refractivity contribution in [3.63, 3.8) is 0 Å². The van der Waals surface area contributed by atoms with Gasteiger partial charge in [0.1, 0.15) is 11.7 Å². The highest BCUT2D eigenvalue weighted by Crippen LogP contribution is 2.35. The fourth-order valence-electron chi connectivity index (χ4n) is 3.83. The topological polar surface area (TPSA) is 59.0 Å². The minimum Gasteiger partial charge on any atom is -0.497 e. The van der Waals surface area contributed by atoms with Crippen LogP contribution >= 0.6 is 0 Å². The summed E-state index contributed by atoms with van der Waals surface area (Å²) in [7, 11) is 1.55. The molecule has 5 nitrogen and oxygen atoms in total. The molecule has 0 bridgehead atoms. The van der Waals surface area contributed by atoms with Gasteiger partial charge in [0.05, 0.1) is 18.5 Å². The number of carbonyl (C=O) groups is 2. The number of nitrogens with zero attached hydrogens (tertiary/aromatic N) is 2. The van der Waals surface area contributed by atoms with Crippen LogP contribution in [-0.4, -0.2) is 25.1 Å². The quantitative estimate of drug-likeness (QED) is 0.432. The molecule has 3 aromatic rings. The molecule has 0 fully saturated rings. The third-order valence-electron chi connectivity index (χ3n) is 5.52. The van der Waals surface area contributed by atoms with Gasteiger partial charge in [-0.25, -0.2) is 4.90 Å². The van der Waals surface area contributed by atoms with E-state index in [1.165, 1.54) is 4.90 Å². The second-order valence-electron chi connectivity index (χ2n) is 7.81. The molecule has 2 amide bonds. The van der Waals surface area contributed by atoms with E-state index in [1.807, 2.05) is 63.2 Å². The fraction of sp³-hybridized carbons (Fsp3) is 0.192. The number of aliphatic imine (C=N–C) groups is 1. The molecule has 5 heteroatoms. The lowest BCUT2D eigenvalue weighted by Gasteiger charge is -2.32. The molecular weight excluding hydrogens is 388 g/mol. The molecule has 3 aromatic carbocycles. The van der Waals surface area contributed by atoms with Gasteiger partial charge in [-0.2, -0.15) is 0 Å². The summed E-state index contributed by atoms with van der Waals surface area (Å²) in [4.78, 5) is 32.7. The molecule has 0 aromatic heterocycles. The zero-order valence-electron chi connectivity index (χ0n) is 18.0. The molecule has 1 heterocycles. The van der Waals surface area contributed by atoms with Gasteiger partial charge >= 0.3 is 0 Å². The van der Waals surface area contributed by atoms with E-state index in [1.54, 1.807) is 31.5 Å². The zero-order chi connectivity index (χ0) is 22.1. The van der Waals surface area contributed by atoms with Crippen molar-refractivity contribution in [3.05, 3.63) is 88.5 Å². The van der Waals surface area contributed by atoms with Crippen molar-refractivity contribution < 1.29 is 14.3 Å². The maximum Gasteiger partial charge on any atom is 0.265 e. The Hall–Kier alpha value is -3.73. The normalized spacial score (nSPS) is 16.0. The van der Waals surface area contributed by atoms with Crippen molar-refractivity contribution in [3.8, 4) is 5.75 Å². The van der Waals surface area contributed by atoms with Crippen molar-refractivity contribution in [2.75, 3.05) is 12.0 Å². The van der Waals surface area contributed by atoms with Crippen molar-refractivity contribution >= 4 is 29.4 Å². The number of amides is 2. The van der Waals surface area contributed by atoms with Crippen LogP contribution in [0.2, 0.25) is 0 Å². The number of methoxy groups -OCH3 is 1. The highest BCUT2D eigenvalue weighted by Gasteiger charge is 2.39. The molecule has 0 saturated heterocycles. The van der Waals surface area contributed by atoms with Gasteiger partial charge < -0.3 is 4.74 Å². The number of rotatable bonds is 4. The lowest BCUT2D eigenvalue weighted by molar-refractivity contribution is -0.118. The Bertz CT molecular complexity index is 1200. The summed E-state index contributed by atoms with van der Waals surface area (Å²) in [6.07, 6.45) is 1.63. The van der Waals surface area contributed by atoms with Gasteiger partial charge in [-0.1, -0.05) is 41.5 Å². The summed E-state index contributed by atoms with van der Waals surface area (Å²) in [5.74, 6) is -0.784. The summed E-state index contributed by atoms with van der Waals surface area (Å²) >= 11 is 0. The first-order chi connectivity index (χ1) is 14.9. The predicted molar refractivity (Wildman–Crippen MR) is 123 cm³/mol. The molecular formula is C26H24N2O3. The summed E-state index contributed by atoms with van der Waals surface area (Å²) in [6, 6.07) is 18.7. The maximum absolute atomic E-state index is 13.5. The van der Waals surface area contributed by atoms with E-state index >= 15 is 0 Å². The molecule has 1 aliphatic heterocycles. The van der Waals surface area contributed by atoms with Crippen LogP contribution < -0.4 is 9.64 Å². The number of ether oxygens (including phenoxy) is 1. The number of aryl methyl sites for hydroxylation is 3. The lowest BCUT2D eigenvalue weighted by Crippen LogP contribution is -2.45. The second-order valence-corrected chi connectivity index (χ2v) is 7.81. The van der Waals surface area contributed by atoms with E-state index in [0.29, 0.717) is 22.6 Å². The Morgan fingerprint density at radius 3 is 2.29 bits per heavy atom. The van der Waals surface area contributed by atoms with E-state index < -0.39 is 5.92 Å². The first-order valence-corrected chi connectivity index (χ1v) is 10.1. The van der Waals surface area contributed by atoms with Crippen LogP contribution in [0.3, 0.4) is 0 Å². The van der Waals surface area contributed by atoms with Gasteiger partial charge in [0.2, 0.25) is 5.91 Å². The number of benzene rings is 3. The van der Waals surface area contributed by atoms with Crippen molar-refractivity contribution in [2.24, 2.45) is 4.99 Å². The van der Waals surface area contributed by atoms with Crippen LogP contribution in [0.25, 0.3) is 0 Å². The van der Waals surface area contributed by atoms with E-state index in [0.717, 1.165) is 22.4 Å². The second kappa shape index (κ2) is 8.19. The number of hydrogen-bond acceptors (Lipinski definition) is 4. The maximum atomic E-state index is 13.5. The van der Waals surface area contributed by atoms with Crippen molar-refractivity contribution in [2.45, 2.75) is 26.7 Å².